The Kier molecular flexibility index (Phi) is 12.1. The molecule has 0 fully saturated rings. The van der Waals surface area contributed by atoms with Gasteiger partial charge in [0, 0.05) is 48.2 Å². The molecular formula is C42H40Br2N4O6. The van der Waals surface area contributed by atoms with E-state index in [1.165, 1.54) is 0 Å². The largest absolute Gasteiger partial charge is 0.465 e. The summed E-state index contributed by atoms with van der Waals surface area (Å²) in [7, 11) is 0. The van der Waals surface area contributed by atoms with Gasteiger partial charge in [-0.15, -0.1) is 0 Å². The van der Waals surface area contributed by atoms with Crippen LogP contribution < -0.4 is 9.47 Å². The highest BCUT2D eigenvalue weighted by Crippen LogP contribution is 2.37. The highest BCUT2D eigenvalue weighted by Gasteiger charge is 2.17. The normalized spacial score (nSPS) is 13.3. The van der Waals surface area contributed by atoms with Crippen molar-refractivity contribution in [1.82, 2.24) is 19.9 Å². The number of halogens is 2. The number of nitrogens with one attached hydrogen (secondary N) is 2. The molecule has 2 aromatic carbocycles. The second-order valence-electron chi connectivity index (χ2n) is 12.5. The predicted octanol–water partition coefficient (Wildman–Crippen LogP) is 9.76. The number of ether oxygens (including phenoxy) is 4. The maximum atomic E-state index is 10.3. The van der Waals surface area contributed by atoms with Gasteiger partial charge >= 0.3 is 0 Å². The summed E-state index contributed by atoms with van der Waals surface area (Å²) in [5.41, 5.74) is 10.2. The Morgan fingerprint density at radius 3 is 1.30 bits per heavy atom. The van der Waals surface area contributed by atoms with Gasteiger partial charge in [-0.2, -0.15) is 0 Å². The van der Waals surface area contributed by atoms with Crippen molar-refractivity contribution in [2.24, 2.45) is 0 Å². The zero-order valence-corrected chi connectivity index (χ0v) is 33.0. The van der Waals surface area contributed by atoms with Crippen molar-refractivity contribution in [3.63, 3.8) is 0 Å². The molecule has 0 aliphatic carbocycles. The number of rotatable bonds is 14. The third-order valence-electron chi connectivity index (χ3n) is 8.88. The van der Waals surface area contributed by atoms with E-state index >= 15 is 0 Å². The average molecular weight is 857 g/mol. The van der Waals surface area contributed by atoms with Gasteiger partial charge in [0.15, 0.2) is 12.6 Å². The van der Waals surface area contributed by atoms with Gasteiger partial charge in [0.1, 0.15) is 11.5 Å². The van der Waals surface area contributed by atoms with E-state index in [1.54, 1.807) is 0 Å². The lowest BCUT2D eigenvalue weighted by Gasteiger charge is -2.14. The number of aromatic amines is 2. The molecule has 0 saturated heterocycles. The molecule has 3 aromatic heterocycles. The molecule has 54 heavy (non-hydrogen) atoms. The first-order valence-corrected chi connectivity index (χ1v) is 19.4. The van der Waals surface area contributed by atoms with E-state index < -0.39 is 12.6 Å². The van der Waals surface area contributed by atoms with Crippen LogP contribution in [0.1, 0.15) is 49.5 Å². The fraction of sp³-hybridized carbons (Fsp3) is 0.238. The highest BCUT2D eigenvalue weighted by molar-refractivity contribution is 9.11. The number of hydrogen-bond donors (Lipinski definition) is 4. The monoisotopic (exact) mass is 854 g/mol. The number of aliphatic hydroxyl groups excluding tert-OH is 2. The quantitative estimate of drug-likeness (QED) is 0.0628. The molecule has 5 heterocycles. The maximum absolute atomic E-state index is 10.3. The number of aromatic nitrogens is 4. The van der Waals surface area contributed by atoms with Crippen LogP contribution in [0.3, 0.4) is 0 Å². The number of fused-ring (bicyclic) bond motifs is 8. The average Bonchev–Trinajstić information content (AvgIpc) is 4.02. The predicted molar refractivity (Wildman–Crippen MR) is 221 cm³/mol. The van der Waals surface area contributed by atoms with Crippen LogP contribution in [0.2, 0.25) is 0 Å². The highest BCUT2D eigenvalue weighted by atomic mass is 79.9. The summed E-state index contributed by atoms with van der Waals surface area (Å²) in [6.45, 7) is 5.86. The Morgan fingerprint density at radius 1 is 0.537 bits per heavy atom. The zero-order valence-electron chi connectivity index (χ0n) is 29.8. The van der Waals surface area contributed by atoms with Crippen LogP contribution >= 0.6 is 31.9 Å². The molecule has 278 valence electrons. The van der Waals surface area contributed by atoms with E-state index in [2.05, 4.69) is 41.8 Å². The summed E-state index contributed by atoms with van der Waals surface area (Å²) < 4.78 is 23.8. The lowest BCUT2D eigenvalue weighted by atomic mass is 10.0. The molecule has 4 N–H and O–H groups in total. The van der Waals surface area contributed by atoms with Gasteiger partial charge in [-0.05, 0) is 130 Å². The van der Waals surface area contributed by atoms with Gasteiger partial charge < -0.3 is 39.1 Å². The third kappa shape index (κ3) is 8.54. The van der Waals surface area contributed by atoms with Crippen molar-refractivity contribution in [3.8, 4) is 33.8 Å². The van der Waals surface area contributed by atoms with Crippen LogP contribution in [-0.4, -0.2) is 69.2 Å². The first-order chi connectivity index (χ1) is 26.3. The van der Waals surface area contributed by atoms with E-state index in [1.807, 2.05) is 111 Å². The van der Waals surface area contributed by atoms with E-state index in [-0.39, 0.29) is 0 Å². The molecule has 7 rings (SSSR count). The van der Waals surface area contributed by atoms with Crippen molar-refractivity contribution >= 4 is 78.2 Å². The number of hydrogen-bond acceptors (Lipinski definition) is 8. The van der Waals surface area contributed by atoms with Crippen molar-refractivity contribution in [2.45, 2.75) is 39.3 Å². The summed E-state index contributed by atoms with van der Waals surface area (Å²) >= 11 is 7.68. The third-order valence-corrected chi connectivity index (χ3v) is 10.5. The topological polar surface area (TPSA) is 135 Å². The number of benzene rings is 2. The van der Waals surface area contributed by atoms with Gasteiger partial charge in [-0.3, -0.25) is 0 Å². The lowest BCUT2D eigenvalue weighted by molar-refractivity contribution is -0.0409. The van der Waals surface area contributed by atoms with E-state index in [9.17, 15) is 10.2 Å². The molecular weight excluding hydrogens is 816 g/mol. The number of H-pyrrole nitrogens is 2. The van der Waals surface area contributed by atoms with Crippen LogP contribution in [-0.2, 0) is 9.47 Å². The summed E-state index contributed by atoms with van der Waals surface area (Å²) in [4.78, 5) is 17.4. The van der Waals surface area contributed by atoms with E-state index in [0.29, 0.717) is 50.8 Å². The van der Waals surface area contributed by atoms with Crippen LogP contribution in [0.4, 0.5) is 0 Å². The molecule has 5 aromatic rings. The van der Waals surface area contributed by atoms with Gasteiger partial charge in [-0.25, -0.2) is 9.97 Å². The minimum absolute atomic E-state index is 0.376. The molecule has 2 atom stereocenters. The molecule has 8 bridgehead atoms. The van der Waals surface area contributed by atoms with Gasteiger partial charge in [-0.1, -0.05) is 24.3 Å². The molecule has 2 aliphatic heterocycles. The second kappa shape index (κ2) is 17.3. The van der Waals surface area contributed by atoms with Crippen molar-refractivity contribution < 1.29 is 29.2 Å². The summed E-state index contributed by atoms with van der Waals surface area (Å²) in [5, 5.41) is 20.7. The van der Waals surface area contributed by atoms with Gasteiger partial charge in [0.25, 0.3) is 0 Å². The Bertz CT molecular complexity index is 2170. The lowest BCUT2D eigenvalue weighted by Crippen LogP contribution is -2.17. The first kappa shape index (κ1) is 37.7. The maximum Gasteiger partial charge on any atom is 0.199 e. The Balaban J connectivity index is 1.33. The van der Waals surface area contributed by atoms with Crippen molar-refractivity contribution in [1.29, 1.82) is 0 Å². The first-order valence-electron chi connectivity index (χ1n) is 17.8. The van der Waals surface area contributed by atoms with Crippen molar-refractivity contribution in [2.75, 3.05) is 26.4 Å². The number of aliphatic hydroxyl groups is 2. The number of nitrogens with zero attached hydrogens (tertiary/aromatic N) is 2. The van der Waals surface area contributed by atoms with Crippen LogP contribution in [0, 0.1) is 0 Å². The summed E-state index contributed by atoms with van der Waals surface area (Å²) in [5.74, 6) is 1.11. The molecule has 0 radical (unpaired) electrons. The summed E-state index contributed by atoms with van der Waals surface area (Å²) in [6, 6.07) is 23.4. The minimum Gasteiger partial charge on any atom is -0.465 e. The van der Waals surface area contributed by atoms with Crippen molar-refractivity contribution in [3.05, 3.63) is 105 Å². The summed E-state index contributed by atoms with van der Waals surface area (Å²) in [6.07, 6.45) is 6.82. The SMILES string of the molecule is CCOCCC(O)Oc1ccc(-c2c3nc(c(Br)c4ccc([nH]4)c(-c4ccc(OC(O)CCOCC)cc4)c4nc(c(Br)c5ccc2[nH]5)C=C4)C=C3)cc1. The molecule has 0 saturated carbocycles. The fourth-order valence-electron chi connectivity index (χ4n) is 6.23. The smallest absolute Gasteiger partial charge is 0.199 e. The van der Waals surface area contributed by atoms with E-state index in [0.717, 1.165) is 76.0 Å². The fourth-order valence-corrected chi connectivity index (χ4v) is 7.14. The molecule has 12 heteroatoms. The Labute approximate surface area is 329 Å². The Hall–Kier alpha value is -4.56. The second-order valence-corrected chi connectivity index (χ2v) is 14.1. The van der Waals surface area contributed by atoms with Crippen LogP contribution in [0.25, 0.3) is 68.6 Å². The standard InChI is InChI=1S/C42H40Br2N4O6/c1-3-51-23-21-37(49)53-27-9-5-25(6-10-27)39-29-13-17-33(45-29)41(43)35-19-15-31(47-35)40(26-7-11-28(12-8-26)54-38(50)22-24-52-4-2)32-16-20-36(48-32)42(44)34-18-14-30(39)46-34/h5-20,37-38,45,48-50H,3-4,21-24H2,1-2H3. The molecule has 2 unspecified atom stereocenters. The van der Waals surface area contributed by atoms with Crippen LogP contribution in [0.5, 0.6) is 11.5 Å². The van der Waals surface area contributed by atoms with Gasteiger partial charge in [0.2, 0.25) is 0 Å². The molecule has 0 spiro atoms. The molecule has 10 nitrogen and oxygen atoms in total. The Morgan fingerprint density at radius 2 is 0.907 bits per heavy atom. The molecule has 0 amide bonds. The van der Waals surface area contributed by atoms with Gasteiger partial charge in [0.05, 0.1) is 56.0 Å². The van der Waals surface area contributed by atoms with E-state index in [4.69, 9.17) is 28.9 Å². The zero-order chi connectivity index (χ0) is 37.6. The molecule has 2 aliphatic rings. The minimum atomic E-state index is -0.965. The van der Waals surface area contributed by atoms with Crippen LogP contribution in [0.15, 0.2) is 81.7 Å².